The third-order valence-corrected chi connectivity index (χ3v) is 3.55. The number of carbonyl (C=O) groups excluding carboxylic acids is 1. The second-order valence-corrected chi connectivity index (χ2v) is 4.89. The normalized spacial score (nSPS) is 11.8. The number of nitrogens with two attached hydrogens (primary N) is 1. The van der Waals surface area contributed by atoms with Crippen molar-refractivity contribution in [2.75, 3.05) is 20.1 Å². The molecule has 0 fully saturated rings. The molecule has 114 valence electrons. The van der Waals surface area contributed by atoms with E-state index in [1.165, 1.54) is 0 Å². The Labute approximate surface area is 128 Å². The molecule has 3 N–H and O–H groups in total. The van der Waals surface area contributed by atoms with Crippen LogP contribution in [0.15, 0.2) is 24.3 Å². The summed E-state index contributed by atoms with van der Waals surface area (Å²) in [5.41, 5.74) is 7.24. The lowest BCUT2D eigenvalue weighted by Gasteiger charge is -2.23. The second-order valence-electron chi connectivity index (χ2n) is 4.89. The number of likely N-dealkylation sites (N-methyl/N-ethyl adjacent to an activating group) is 1. The van der Waals surface area contributed by atoms with E-state index in [1.54, 1.807) is 0 Å². The highest BCUT2D eigenvalue weighted by Gasteiger charge is 2.08. The van der Waals surface area contributed by atoms with Crippen molar-refractivity contribution in [2.45, 2.75) is 32.9 Å². The van der Waals surface area contributed by atoms with Gasteiger partial charge < -0.3 is 16.0 Å². The molecule has 20 heavy (non-hydrogen) atoms. The number of halogens is 1. The van der Waals surface area contributed by atoms with Crippen molar-refractivity contribution < 1.29 is 4.79 Å². The molecule has 1 rings (SSSR count). The van der Waals surface area contributed by atoms with Gasteiger partial charge in [-0.2, -0.15) is 0 Å². The highest BCUT2D eigenvalue weighted by Crippen LogP contribution is 2.03. The van der Waals surface area contributed by atoms with E-state index < -0.39 is 0 Å². The summed E-state index contributed by atoms with van der Waals surface area (Å²) in [5.74, 6) is -0.0267. The summed E-state index contributed by atoms with van der Waals surface area (Å²) >= 11 is 0. The first kappa shape index (κ1) is 18.9. The van der Waals surface area contributed by atoms with E-state index in [-0.39, 0.29) is 18.3 Å². The van der Waals surface area contributed by atoms with Crippen molar-refractivity contribution in [3.05, 3.63) is 35.4 Å². The molecule has 0 radical (unpaired) electrons. The lowest BCUT2D eigenvalue weighted by Crippen LogP contribution is -2.37. The quantitative estimate of drug-likeness (QED) is 0.810. The van der Waals surface area contributed by atoms with Crippen LogP contribution < -0.4 is 11.1 Å². The molecule has 1 unspecified atom stereocenters. The number of nitrogens with one attached hydrogen (secondary N) is 1. The fraction of sp³-hybridized carbons (Fsp3) is 0.533. The molecule has 0 saturated heterocycles. The second kappa shape index (κ2) is 9.75. The number of hydrogen-bond acceptors (Lipinski definition) is 3. The van der Waals surface area contributed by atoms with Gasteiger partial charge in [-0.15, -0.1) is 12.4 Å². The first-order valence-electron chi connectivity index (χ1n) is 6.86. The van der Waals surface area contributed by atoms with Crippen LogP contribution in [0.5, 0.6) is 0 Å². The summed E-state index contributed by atoms with van der Waals surface area (Å²) in [6.07, 6.45) is 1.12. The maximum atomic E-state index is 11.9. The van der Waals surface area contributed by atoms with Crippen LogP contribution in [-0.2, 0) is 6.54 Å². The molecule has 0 spiro atoms. The van der Waals surface area contributed by atoms with E-state index in [2.05, 4.69) is 31.1 Å². The minimum Gasteiger partial charge on any atom is -0.351 e. The third-order valence-electron chi connectivity index (χ3n) is 3.55. The molecule has 0 aliphatic carbocycles. The molecule has 0 saturated carbocycles. The van der Waals surface area contributed by atoms with Gasteiger partial charge in [-0.1, -0.05) is 19.1 Å². The van der Waals surface area contributed by atoms with Gasteiger partial charge in [-0.05, 0) is 38.1 Å². The molecular weight excluding hydrogens is 274 g/mol. The molecule has 1 atom stereocenters. The van der Waals surface area contributed by atoms with Gasteiger partial charge in [-0.25, -0.2) is 0 Å². The number of hydrogen-bond donors (Lipinski definition) is 2. The smallest absolute Gasteiger partial charge is 0.251 e. The molecule has 4 nitrogen and oxygen atoms in total. The highest BCUT2D eigenvalue weighted by molar-refractivity contribution is 5.94. The van der Waals surface area contributed by atoms with Crippen LogP contribution in [0.3, 0.4) is 0 Å². The Morgan fingerprint density at radius 1 is 1.35 bits per heavy atom. The summed E-state index contributed by atoms with van der Waals surface area (Å²) in [6.45, 7) is 6.38. The van der Waals surface area contributed by atoms with Crippen molar-refractivity contribution >= 4 is 18.3 Å². The summed E-state index contributed by atoms with van der Waals surface area (Å²) in [4.78, 5) is 14.2. The van der Waals surface area contributed by atoms with Crippen molar-refractivity contribution in [3.63, 3.8) is 0 Å². The molecule has 1 aromatic carbocycles. The van der Waals surface area contributed by atoms with Gasteiger partial charge in [0, 0.05) is 31.2 Å². The number of carbonyl (C=O) groups is 1. The summed E-state index contributed by atoms with van der Waals surface area (Å²) in [7, 11) is 2.08. The van der Waals surface area contributed by atoms with Gasteiger partial charge in [0.05, 0.1) is 0 Å². The van der Waals surface area contributed by atoms with Gasteiger partial charge in [-0.3, -0.25) is 4.79 Å². The summed E-state index contributed by atoms with van der Waals surface area (Å²) in [6, 6.07) is 7.95. The van der Waals surface area contributed by atoms with Crippen molar-refractivity contribution in [2.24, 2.45) is 5.73 Å². The van der Waals surface area contributed by atoms with Gasteiger partial charge in [0.15, 0.2) is 0 Å². The molecule has 1 aromatic rings. The molecule has 1 amide bonds. The Balaban J connectivity index is 0.00000361. The van der Waals surface area contributed by atoms with E-state index >= 15 is 0 Å². The van der Waals surface area contributed by atoms with Crippen LogP contribution in [0.1, 0.15) is 36.2 Å². The topological polar surface area (TPSA) is 58.4 Å². The van der Waals surface area contributed by atoms with E-state index in [1.807, 2.05) is 24.3 Å². The zero-order valence-electron chi connectivity index (χ0n) is 12.6. The standard InChI is InChI=1S/C15H25N3O.ClH/c1-4-12(2)18(3)10-9-17-15(19)14-7-5-13(11-16)6-8-14;/h5-8,12H,4,9-11,16H2,1-3H3,(H,17,19);1H. The van der Waals surface area contributed by atoms with Gasteiger partial charge >= 0.3 is 0 Å². The Morgan fingerprint density at radius 2 is 1.95 bits per heavy atom. The molecule has 5 heteroatoms. The summed E-state index contributed by atoms with van der Waals surface area (Å²) in [5, 5.41) is 2.93. The summed E-state index contributed by atoms with van der Waals surface area (Å²) < 4.78 is 0. The largest absolute Gasteiger partial charge is 0.351 e. The predicted octanol–water partition coefficient (Wildman–Crippen LogP) is 2.03. The first-order valence-corrected chi connectivity index (χ1v) is 6.86. The minimum atomic E-state index is -0.0267. The van der Waals surface area contributed by atoms with Gasteiger partial charge in [0.1, 0.15) is 0 Å². The monoisotopic (exact) mass is 299 g/mol. The van der Waals surface area contributed by atoms with E-state index in [0.717, 1.165) is 18.5 Å². The Morgan fingerprint density at radius 3 is 2.45 bits per heavy atom. The Kier molecular flexibility index (Phi) is 9.21. The average molecular weight is 300 g/mol. The maximum absolute atomic E-state index is 11.9. The zero-order chi connectivity index (χ0) is 14.3. The molecule has 0 bridgehead atoms. The van der Waals surface area contributed by atoms with Crippen LogP contribution in [0.25, 0.3) is 0 Å². The number of amides is 1. The van der Waals surface area contributed by atoms with Crippen LogP contribution in [0.2, 0.25) is 0 Å². The molecular formula is C15H26ClN3O. The molecule has 0 aliphatic heterocycles. The molecule has 0 aromatic heterocycles. The Hall–Kier alpha value is -1.10. The van der Waals surface area contributed by atoms with Crippen LogP contribution in [-0.4, -0.2) is 37.0 Å². The SMILES string of the molecule is CCC(C)N(C)CCNC(=O)c1ccc(CN)cc1.Cl. The lowest BCUT2D eigenvalue weighted by atomic mass is 10.1. The van der Waals surface area contributed by atoms with Gasteiger partial charge in [0.25, 0.3) is 5.91 Å². The average Bonchev–Trinajstić information content (AvgIpc) is 2.46. The number of benzene rings is 1. The van der Waals surface area contributed by atoms with E-state index in [0.29, 0.717) is 24.7 Å². The first-order chi connectivity index (χ1) is 9.08. The van der Waals surface area contributed by atoms with Crippen molar-refractivity contribution in [1.29, 1.82) is 0 Å². The maximum Gasteiger partial charge on any atom is 0.251 e. The number of nitrogens with zero attached hydrogens (tertiary/aromatic N) is 1. The van der Waals surface area contributed by atoms with Crippen LogP contribution in [0, 0.1) is 0 Å². The van der Waals surface area contributed by atoms with Crippen LogP contribution in [0.4, 0.5) is 0 Å². The van der Waals surface area contributed by atoms with Gasteiger partial charge in [0.2, 0.25) is 0 Å². The van der Waals surface area contributed by atoms with Crippen molar-refractivity contribution in [3.8, 4) is 0 Å². The molecule has 0 aliphatic rings. The number of rotatable bonds is 7. The zero-order valence-corrected chi connectivity index (χ0v) is 13.4. The fourth-order valence-corrected chi connectivity index (χ4v) is 1.77. The highest BCUT2D eigenvalue weighted by atomic mass is 35.5. The lowest BCUT2D eigenvalue weighted by molar-refractivity contribution is 0.0947. The Bertz CT molecular complexity index is 395. The van der Waals surface area contributed by atoms with E-state index in [9.17, 15) is 4.79 Å². The minimum absolute atomic E-state index is 0. The molecule has 0 heterocycles. The predicted molar refractivity (Wildman–Crippen MR) is 86.3 cm³/mol. The van der Waals surface area contributed by atoms with E-state index in [4.69, 9.17) is 5.73 Å². The van der Waals surface area contributed by atoms with Crippen LogP contribution >= 0.6 is 12.4 Å². The third kappa shape index (κ3) is 5.90. The fourth-order valence-electron chi connectivity index (χ4n) is 1.77. The van der Waals surface area contributed by atoms with Crippen molar-refractivity contribution in [1.82, 2.24) is 10.2 Å².